The Morgan fingerprint density at radius 3 is 2.24 bits per heavy atom. The number of carbonyl (C=O) groups is 3. The topological polar surface area (TPSA) is 128 Å². The number of halogens is 4. The van der Waals surface area contributed by atoms with Gasteiger partial charge in [0.15, 0.2) is 0 Å². The third-order valence-corrected chi connectivity index (χ3v) is 9.73. The van der Waals surface area contributed by atoms with Crippen molar-refractivity contribution >= 4 is 39.4 Å². The summed E-state index contributed by atoms with van der Waals surface area (Å²) in [6, 6.07) is 5.14. The van der Waals surface area contributed by atoms with E-state index < -0.39 is 45.1 Å². The van der Waals surface area contributed by atoms with E-state index in [0.29, 0.717) is 17.8 Å². The van der Waals surface area contributed by atoms with Crippen LogP contribution in [0.3, 0.4) is 0 Å². The molecular formula is C27H27F4N5O5S. The second kappa shape index (κ2) is 10.5. The van der Waals surface area contributed by atoms with Gasteiger partial charge in [-0.1, -0.05) is 0 Å². The lowest BCUT2D eigenvalue weighted by Crippen LogP contribution is -2.50. The molecule has 10 nitrogen and oxygen atoms in total. The Labute approximate surface area is 238 Å². The van der Waals surface area contributed by atoms with Gasteiger partial charge in [0.2, 0.25) is 10.0 Å². The van der Waals surface area contributed by atoms with Gasteiger partial charge in [-0.3, -0.25) is 14.6 Å². The zero-order valence-electron chi connectivity index (χ0n) is 22.6. The van der Waals surface area contributed by atoms with Crippen LogP contribution in [0.25, 0.3) is 0 Å². The average molecular weight is 610 g/mol. The number of sulfonamides is 1. The molecule has 0 aliphatic carbocycles. The van der Waals surface area contributed by atoms with Gasteiger partial charge in [-0.05, 0) is 80.1 Å². The fourth-order valence-corrected chi connectivity index (χ4v) is 7.01. The molecule has 2 aromatic rings. The molecule has 224 valence electrons. The van der Waals surface area contributed by atoms with Gasteiger partial charge in [-0.2, -0.15) is 13.2 Å². The summed E-state index contributed by atoms with van der Waals surface area (Å²) in [5.74, 6) is -2.72. The zero-order valence-corrected chi connectivity index (χ0v) is 23.5. The largest absolute Gasteiger partial charge is 0.419 e. The van der Waals surface area contributed by atoms with Crippen LogP contribution in [0.5, 0.6) is 0 Å². The van der Waals surface area contributed by atoms with Crippen LogP contribution in [-0.2, 0) is 32.2 Å². The minimum Gasteiger partial charge on any atom is -0.328 e. The number of hydrogen-bond donors (Lipinski definition) is 2. The van der Waals surface area contributed by atoms with Crippen molar-refractivity contribution in [3.05, 3.63) is 64.0 Å². The summed E-state index contributed by atoms with van der Waals surface area (Å²) < 4.78 is 80.9. The Hall–Kier alpha value is -3.85. The molecule has 3 aliphatic rings. The zero-order chi connectivity index (χ0) is 30.6. The molecule has 5 rings (SSSR count). The Balaban J connectivity index is 1.26. The van der Waals surface area contributed by atoms with Gasteiger partial charge in [0, 0.05) is 18.7 Å². The van der Waals surface area contributed by atoms with Crippen molar-refractivity contribution < 1.29 is 40.4 Å². The van der Waals surface area contributed by atoms with Gasteiger partial charge in [0.05, 0.1) is 23.5 Å². The standard InChI is InChI=1S/C27H27F4N5O5S/c1-15-11-18(36-22(37)14-32-25(36)39)12-16(2)19(15)5-10-42(40,41)35-8-6-26(7-9-35)24(38)33-23(34-26)17-3-4-21(28)20(13-17)27(29,30)31/h3-4,11-13H,5-10,14H2,1-2H3,(H,32,39)(H,33,34,38). The van der Waals surface area contributed by atoms with E-state index in [4.69, 9.17) is 0 Å². The van der Waals surface area contributed by atoms with E-state index in [1.54, 1.807) is 26.0 Å². The summed E-state index contributed by atoms with van der Waals surface area (Å²) in [5.41, 5.74) is -0.290. The number of imide groups is 1. The second-order valence-corrected chi connectivity index (χ2v) is 12.6. The first-order chi connectivity index (χ1) is 19.6. The number of nitrogens with zero attached hydrogens (tertiary/aromatic N) is 3. The van der Waals surface area contributed by atoms with Crippen molar-refractivity contribution in [1.29, 1.82) is 0 Å². The van der Waals surface area contributed by atoms with Crippen LogP contribution >= 0.6 is 0 Å². The summed E-state index contributed by atoms with van der Waals surface area (Å²) in [6.07, 6.45) is -4.71. The van der Waals surface area contributed by atoms with Crippen LogP contribution < -0.4 is 15.5 Å². The highest BCUT2D eigenvalue weighted by Gasteiger charge is 2.48. The normalized spacial score (nSPS) is 19.3. The average Bonchev–Trinajstić information content (AvgIpc) is 3.41. The Bertz CT molecular complexity index is 1590. The number of anilines is 1. The lowest BCUT2D eigenvalue weighted by molar-refractivity contribution is -0.140. The molecule has 0 radical (unpaired) electrons. The molecule has 2 N–H and O–H groups in total. The molecule has 15 heteroatoms. The number of alkyl halides is 3. The molecule has 2 saturated heterocycles. The van der Waals surface area contributed by atoms with Crippen molar-refractivity contribution in [3.8, 4) is 0 Å². The molecule has 1 spiro atoms. The third kappa shape index (κ3) is 5.38. The molecule has 3 heterocycles. The predicted molar refractivity (Wildman–Crippen MR) is 144 cm³/mol. The highest BCUT2D eigenvalue weighted by molar-refractivity contribution is 7.89. The number of nitrogens with one attached hydrogen (secondary N) is 2. The minimum atomic E-state index is -4.93. The van der Waals surface area contributed by atoms with Gasteiger partial charge in [0.25, 0.3) is 11.8 Å². The van der Waals surface area contributed by atoms with Gasteiger partial charge >= 0.3 is 12.2 Å². The van der Waals surface area contributed by atoms with E-state index in [2.05, 4.69) is 15.6 Å². The number of rotatable bonds is 6. The number of piperidine rings is 1. The Morgan fingerprint density at radius 2 is 1.67 bits per heavy atom. The molecule has 0 unspecified atom stereocenters. The number of aryl methyl sites for hydroxylation is 2. The fourth-order valence-electron chi connectivity index (χ4n) is 5.55. The highest BCUT2D eigenvalue weighted by Crippen LogP contribution is 2.35. The number of benzene rings is 2. The van der Waals surface area contributed by atoms with Gasteiger partial charge in [-0.25, -0.2) is 26.8 Å². The van der Waals surface area contributed by atoms with Crippen LogP contribution in [0.1, 0.15) is 40.7 Å². The van der Waals surface area contributed by atoms with E-state index in [1.165, 1.54) is 4.31 Å². The second-order valence-electron chi connectivity index (χ2n) is 10.5. The first kappa shape index (κ1) is 29.6. The summed E-state index contributed by atoms with van der Waals surface area (Å²) in [5, 5.41) is 4.93. The van der Waals surface area contributed by atoms with Gasteiger partial charge in [-0.15, -0.1) is 0 Å². The Kier molecular flexibility index (Phi) is 7.38. The van der Waals surface area contributed by atoms with Crippen molar-refractivity contribution in [3.63, 3.8) is 0 Å². The van der Waals surface area contributed by atoms with E-state index >= 15 is 0 Å². The molecular weight excluding hydrogens is 582 g/mol. The SMILES string of the molecule is Cc1cc(N2C(=O)CNC2=O)cc(C)c1CCS(=O)(=O)N1CCC2(CC1)N=C(c1ccc(F)c(C(F)(F)F)c1)NC2=O. The summed E-state index contributed by atoms with van der Waals surface area (Å²) in [4.78, 5) is 42.3. The molecule has 0 atom stereocenters. The summed E-state index contributed by atoms with van der Waals surface area (Å²) in [7, 11) is -3.76. The van der Waals surface area contributed by atoms with Crippen LogP contribution in [0, 0.1) is 19.7 Å². The number of amides is 4. The van der Waals surface area contributed by atoms with Crippen molar-refractivity contribution in [2.24, 2.45) is 4.99 Å². The van der Waals surface area contributed by atoms with E-state index in [1.807, 2.05) is 0 Å². The summed E-state index contributed by atoms with van der Waals surface area (Å²) in [6.45, 7) is 3.41. The first-order valence-electron chi connectivity index (χ1n) is 13.1. The molecule has 2 aromatic carbocycles. The minimum absolute atomic E-state index is 0.0210. The Morgan fingerprint density at radius 1 is 1.02 bits per heavy atom. The lowest BCUT2D eigenvalue weighted by atomic mass is 9.89. The predicted octanol–water partition coefficient (Wildman–Crippen LogP) is 2.80. The van der Waals surface area contributed by atoms with E-state index in [9.17, 15) is 40.4 Å². The number of amidine groups is 1. The fraction of sp³-hybridized carbons (Fsp3) is 0.407. The molecule has 4 amide bonds. The van der Waals surface area contributed by atoms with E-state index in [-0.39, 0.29) is 62.0 Å². The summed E-state index contributed by atoms with van der Waals surface area (Å²) >= 11 is 0. The molecule has 2 fully saturated rings. The quantitative estimate of drug-likeness (QED) is 0.385. The monoisotopic (exact) mass is 609 g/mol. The molecule has 0 bridgehead atoms. The molecule has 0 aromatic heterocycles. The van der Waals surface area contributed by atoms with Crippen molar-refractivity contribution in [1.82, 2.24) is 14.9 Å². The number of hydrogen-bond acceptors (Lipinski definition) is 6. The number of urea groups is 1. The van der Waals surface area contributed by atoms with Crippen molar-refractivity contribution in [2.75, 3.05) is 30.3 Å². The van der Waals surface area contributed by atoms with Crippen LogP contribution in [-0.4, -0.2) is 67.3 Å². The van der Waals surface area contributed by atoms with Crippen LogP contribution in [0.2, 0.25) is 0 Å². The van der Waals surface area contributed by atoms with Crippen molar-refractivity contribution in [2.45, 2.75) is 44.8 Å². The van der Waals surface area contributed by atoms with Gasteiger partial charge < -0.3 is 10.6 Å². The lowest BCUT2D eigenvalue weighted by Gasteiger charge is -2.34. The van der Waals surface area contributed by atoms with Crippen LogP contribution in [0.15, 0.2) is 35.3 Å². The van der Waals surface area contributed by atoms with Gasteiger partial charge in [0.1, 0.15) is 17.2 Å². The molecule has 3 aliphatic heterocycles. The maximum absolute atomic E-state index is 13.7. The third-order valence-electron chi connectivity index (χ3n) is 7.86. The smallest absolute Gasteiger partial charge is 0.328 e. The first-order valence-corrected chi connectivity index (χ1v) is 14.7. The van der Waals surface area contributed by atoms with E-state index in [0.717, 1.165) is 27.7 Å². The highest BCUT2D eigenvalue weighted by atomic mass is 32.2. The number of carbonyl (C=O) groups excluding carboxylic acids is 3. The molecule has 0 saturated carbocycles. The van der Waals surface area contributed by atoms with Crippen LogP contribution in [0.4, 0.5) is 28.0 Å². The number of aliphatic imine (C=N–C) groups is 1. The maximum atomic E-state index is 13.7. The molecule has 42 heavy (non-hydrogen) atoms. The maximum Gasteiger partial charge on any atom is 0.419 e.